The van der Waals surface area contributed by atoms with Crippen LogP contribution in [0, 0.1) is 6.92 Å². The normalized spacial score (nSPS) is 14.6. The topological polar surface area (TPSA) is 35.5 Å². The molecule has 0 radical (unpaired) electrons. The Hall–Kier alpha value is -0.790. The van der Waals surface area contributed by atoms with Crippen LogP contribution < -0.4 is 4.74 Å². The minimum absolute atomic E-state index is 0.129. The van der Waals surface area contributed by atoms with Crippen LogP contribution in [-0.4, -0.2) is 19.6 Å². The fourth-order valence-corrected chi connectivity index (χ4v) is 2.21. The second-order valence-electron chi connectivity index (χ2n) is 3.52. The van der Waals surface area contributed by atoms with Crippen molar-refractivity contribution in [3.8, 4) is 5.75 Å². The monoisotopic (exact) mass is 228 g/mol. The average molecular weight is 228 g/mol. The predicted octanol–water partition coefficient (Wildman–Crippen LogP) is 3.28. The first-order valence-electron chi connectivity index (χ1n) is 4.94. The first-order chi connectivity index (χ1) is 7.03. The Morgan fingerprint density at radius 2 is 2.13 bits per heavy atom. The van der Waals surface area contributed by atoms with Crippen LogP contribution in [0.1, 0.15) is 12.5 Å². The predicted molar refractivity (Wildman–Crippen MR) is 61.8 cm³/mol. The van der Waals surface area contributed by atoms with Gasteiger partial charge in [-0.3, -0.25) is 4.57 Å². The summed E-state index contributed by atoms with van der Waals surface area (Å²) in [5.41, 5.74) is 1.12. The Bertz CT molecular complexity index is 363. The lowest BCUT2D eigenvalue weighted by Crippen LogP contribution is -2.01. The summed E-state index contributed by atoms with van der Waals surface area (Å²) >= 11 is 0. The zero-order valence-electron chi connectivity index (χ0n) is 9.40. The molecule has 0 aliphatic heterocycles. The van der Waals surface area contributed by atoms with Gasteiger partial charge in [-0.15, -0.1) is 0 Å². The van der Waals surface area contributed by atoms with Gasteiger partial charge in [0.2, 0.25) is 7.37 Å². The lowest BCUT2D eigenvalue weighted by molar-refractivity contribution is 0.297. The molecule has 0 fully saturated rings. The van der Waals surface area contributed by atoms with Gasteiger partial charge in [0.05, 0.1) is 6.61 Å². The van der Waals surface area contributed by atoms with Crippen LogP contribution in [0.3, 0.4) is 0 Å². The molecule has 84 valence electrons. The lowest BCUT2D eigenvalue weighted by atomic mass is 10.2. The van der Waals surface area contributed by atoms with E-state index >= 15 is 0 Å². The van der Waals surface area contributed by atoms with Gasteiger partial charge >= 0.3 is 0 Å². The molecule has 0 aromatic heterocycles. The summed E-state index contributed by atoms with van der Waals surface area (Å²) in [6.45, 7) is 5.85. The largest absolute Gasteiger partial charge is 0.484 e. The van der Waals surface area contributed by atoms with Gasteiger partial charge in [0.25, 0.3) is 0 Å². The van der Waals surface area contributed by atoms with Crippen LogP contribution in [0.25, 0.3) is 0 Å². The van der Waals surface area contributed by atoms with Crippen LogP contribution >= 0.6 is 7.37 Å². The van der Waals surface area contributed by atoms with E-state index in [0.717, 1.165) is 11.3 Å². The second kappa shape index (κ2) is 5.34. The molecular formula is C11H17O3P. The molecule has 0 amide bonds. The quantitative estimate of drug-likeness (QED) is 0.725. The molecule has 0 aliphatic rings. The maximum Gasteiger partial charge on any atom is 0.236 e. The van der Waals surface area contributed by atoms with Crippen molar-refractivity contribution < 1.29 is 13.8 Å². The first kappa shape index (κ1) is 12.3. The fraction of sp³-hybridized carbons (Fsp3) is 0.455. The standard InChI is InChI=1S/C11H17O3P/c1-4-14-15(3,12)9-13-11-7-5-6-10(2)8-11/h5-8H,4,9H2,1-3H3. The molecule has 0 N–H and O–H groups in total. The van der Waals surface area contributed by atoms with Gasteiger partial charge in [-0.25, -0.2) is 0 Å². The smallest absolute Gasteiger partial charge is 0.236 e. The molecule has 0 saturated heterocycles. The van der Waals surface area contributed by atoms with Crippen molar-refractivity contribution in [2.45, 2.75) is 13.8 Å². The SMILES string of the molecule is CCOP(C)(=O)COc1cccc(C)c1. The zero-order valence-corrected chi connectivity index (χ0v) is 10.3. The summed E-state index contributed by atoms with van der Waals surface area (Å²) in [7, 11) is -2.60. The van der Waals surface area contributed by atoms with E-state index in [0.29, 0.717) is 6.61 Å². The number of hydrogen-bond donors (Lipinski definition) is 0. The van der Waals surface area contributed by atoms with Crippen molar-refractivity contribution in [1.29, 1.82) is 0 Å². The third kappa shape index (κ3) is 4.50. The Balaban J connectivity index is 2.53. The maximum absolute atomic E-state index is 11.7. The molecule has 1 aromatic rings. The highest BCUT2D eigenvalue weighted by molar-refractivity contribution is 7.57. The molecule has 15 heavy (non-hydrogen) atoms. The summed E-state index contributed by atoms with van der Waals surface area (Å²) in [5.74, 6) is 0.733. The number of hydrogen-bond acceptors (Lipinski definition) is 3. The van der Waals surface area contributed by atoms with E-state index in [9.17, 15) is 4.57 Å². The molecule has 1 rings (SSSR count). The molecule has 1 unspecified atom stereocenters. The van der Waals surface area contributed by atoms with Gasteiger partial charge in [-0.2, -0.15) is 0 Å². The molecule has 0 aliphatic carbocycles. The number of ether oxygens (including phenoxy) is 1. The molecule has 3 nitrogen and oxygen atoms in total. The van der Waals surface area contributed by atoms with Gasteiger partial charge < -0.3 is 9.26 Å². The number of benzene rings is 1. The summed E-state index contributed by atoms with van der Waals surface area (Å²) in [6, 6.07) is 7.65. The Morgan fingerprint density at radius 1 is 1.40 bits per heavy atom. The van der Waals surface area contributed by atoms with Crippen molar-refractivity contribution in [3.05, 3.63) is 29.8 Å². The van der Waals surface area contributed by atoms with E-state index in [1.54, 1.807) is 6.66 Å². The van der Waals surface area contributed by atoms with Crippen LogP contribution in [-0.2, 0) is 9.09 Å². The summed E-state index contributed by atoms with van der Waals surface area (Å²) in [4.78, 5) is 0. The van der Waals surface area contributed by atoms with E-state index in [4.69, 9.17) is 9.26 Å². The van der Waals surface area contributed by atoms with Gasteiger partial charge in [0.15, 0.2) is 6.35 Å². The third-order valence-electron chi connectivity index (χ3n) is 1.86. The molecule has 0 spiro atoms. The van der Waals surface area contributed by atoms with Crippen LogP contribution in [0.5, 0.6) is 5.75 Å². The van der Waals surface area contributed by atoms with E-state index in [-0.39, 0.29) is 6.35 Å². The van der Waals surface area contributed by atoms with Crippen molar-refractivity contribution in [1.82, 2.24) is 0 Å². The van der Waals surface area contributed by atoms with Gasteiger partial charge in [0, 0.05) is 6.66 Å². The fourth-order valence-electron chi connectivity index (χ4n) is 1.21. The van der Waals surface area contributed by atoms with E-state index < -0.39 is 7.37 Å². The Kier molecular flexibility index (Phi) is 4.37. The minimum atomic E-state index is -2.60. The Morgan fingerprint density at radius 3 is 2.73 bits per heavy atom. The van der Waals surface area contributed by atoms with Crippen LogP contribution in [0.4, 0.5) is 0 Å². The second-order valence-corrected chi connectivity index (χ2v) is 6.07. The van der Waals surface area contributed by atoms with Crippen LogP contribution in [0.2, 0.25) is 0 Å². The van der Waals surface area contributed by atoms with Crippen molar-refractivity contribution >= 4 is 7.37 Å². The molecule has 1 atom stereocenters. The highest BCUT2D eigenvalue weighted by atomic mass is 31.2. The third-order valence-corrected chi connectivity index (χ3v) is 3.26. The minimum Gasteiger partial charge on any atom is -0.484 e. The highest BCUT2D eigenvalue weighted by Crippen LogP contribution is 2.42. The summed E-state index contributed by atoms with van der Waals surface area (Å²) in [5, 5.41) is 0. The summed E-state index contributed by atoms with van der Waals surface area (Å²) in [6.07, 6.45) is 0.129. The summed E-state index contributed by atoms with van der Waals surface area (Å²) < 4.78 is 22.3. The lowest BCUT2D eigenvalue weighted by Gasteiger charge is -2.13. The van der Waals surface area contributed by atoms with Gasteiger partial charge in [-0.1, -0.05) is 12.1 Å². The highest BCUT2D eigenvalue weighted by Gasteiger charge is 2.15. The van der Waals surface area contributed by atoms with Crippen molar-refractivity contribution in [2.75, 3.05) is 19.6 Å². The molecular weight excluding hydrogens is 211 g/mol. The van der Waals surface area contributed by atoms with Crippen molar-refractivity contribution in [2.24, 2.45) is 0 Å². The molecule has 4 heteroatoms. The molecule has 0 bridgehead atoms. The van der Waals surface area contributed by atoms with Crippen LogP contribution in [0.15, 0.2) is 24.3 Å². The molecule has 0 saturated carbocycles. The van der Waals surface area contributed by atoms with E-state index in [2.05, 4.69) is 0 Å². The number of aryl methyl sites for hydroxylation is 1. The zero-order chi connectivity index (χ0) is 11.3. The first-order valence-corrected chi connectivity index (χ1v) is 7.20. The van der Waals surface area contributed by atoms with E-state index in [1.807, 2.05) is 38.1 Å². The molecule has 0 heterocycles. The average Bonchev–Trinajstić information content (AvgIpc) is 2.15. The van der Waals surface area contributed by atoms with Gasteiger partial charge in [-0.05, 0) is 31.5 Å². The van der Waals surface area contributed by atoms with Gasteiger partial charge in [0.1, 0.15) is 5.75 Å². The Labute approximate surface area is 90.9 Å². The van der Waals surface area contributed by atoms with Crippen molar-refractivity contribution in [3.63, 3.8) is 0 Å². The maximum atomic E-state index is 11.7. The molecule has 1 aromatic carbocycles. The number of rotatable bonds is 5. The van der Waals surface area contributed by atoms with E-state index in [1.165, 1.54) is 0 Å².